The molecule has 0 heterocycles. The molecule has 0 aliphatic carbocycles. The molecule has 3 heteroatoms. The van der Waals surface area contributed by atoms with Crippen LogP contribution in [0.5, 0.6) is 5.75 Å². The highest BCUT2D eigenvalue weighted by Gasteiger charge is 1.99. The molecule has 2 rings (SSSR count). The maximum Gasteiger partial charge on any atom is 0.123 e. The summed E-state index contributed by atoms with van der Waals surface area (Å²) in [4.78, 5) is 0. The van der Waals surface area contributed by atoms with Crippen LogP contribution in [0.25, 0.3) is 0 Å². The van der Waals surface area contributed by atoms with Gasteiger partial charge in [0.15, 0.2) is 0 Å². The van der Waals surface area contributed by atoms with Gasteiger partial charge in [0.1, 0.15) is 18.1 Å². The van der Waals surface area contributed by atoms with Crippen LogP contribution in [0.15, 0.2) is 48.5 Å². The summed E-state index contributed by atoms with van der Waals surface area (Å²) in [7, 11) is 1.67. The summed E-state index contributed by atoms with van der Waals surface area (Å²) in [6, 6.07) is 14.9. The lowest BCUT2D eigenvalue weighted by atomic mass is 10.1. The van der Waals surface area contributed by atoms with Crippen molar-refractivity contribution in [3.63, 3.8) is 0 Å². The third-order valence-electron chi connectivity index (χ3n) is 3.07. The first kappa shape index (κ1) is 13.6. The fourth-order valence-electron chi connectivity index (χ4n) is 1.99. The summed E-state index contributed by atoms with van der Waals surface area (Å²) in [5, 5.41) is 2.19. The first-order valence-corrected chi connectivity index (χ1v) is 6.47. The second-order valence-corrected chi connectivity index (χ2v) is 4.51. The topological polar surface area (TPSA) is 25.8 Å². The van der Waals surface area contributed by atoms with E-state index in [1.165, 1.54) is 11.6 Å². The molecule has 0 bridgehead atoms. The van der Waals surface area contributed by atoms with Crippen LogP contribution >= 0.6 is 0 Å². The van der Waals surface area contributed by atoms with Gasteiger partial charge in [-0.1, -0.05) is 24.3 Å². The smallest absolute Gasteiger partial charge is 0.123 e. The SMILES string of the molecule is COc1ccc(CC[NH2+]Cc2cccc(F)c2)cc1. The number of benzene rings is 2. The second kappa shape index (κ2) is 6.90. The van der Waals surface area contributed by atoms with Crippen molar-refractivity contribution in [2.75, 3.05) is 13.7 Å². The Labute approximate surface area is 113 Å². The molecule has 19 heavy (non-hydrogen) atoms. The van der Waals surface area contributed by atoms with Crippen LogP contribution in [0.2, 0.25) is 0 Å². The molecule has 2 aromatic carbocycles. The third-order valence-corrected chi connectivity index (χ3v) is 3.07. The van der Waals surface area contributed by atoms with Crippen LogP contribution in [-0.2, 0) is 13.0 Å². The lowest BCUT2D eigenvalue weighted by molar-refractivity contribution is -0.670. The summed E-state index contributed by atoms with van der Waals surface area (Å²) < 4.78 is 18.1. The monoisotopic (exact) mass is 260 g/mol. The molecule has 0 atom stereocenters. The Morgan fingerprint density at radius 1 is 1.05 bits per heavy atom. The maximum absolute atomic E-state index is 13.0. The van der Waals surface area contributed by atoms with E-state index < -0.39 is 0 Å². The lowest BCUT2D eigenvalue weighted by Crippen LogP contribution is -2.83. The molecule has 2 aromatic rings. The van der Waals surface area contributed by atoms with E-state index >= 15 is 0 Å². The van der Waals surface area contributed by atoms with Crippen molar-refractivity contribution in [3.8, 4) is 5.75 Å². The van der Waals surface area contributed by atoms with Gasteiger partial charge in [-0.25, -0.2) is 4.39 Å². The minimum Gasteiger partial charge on any atom is -0.497 e. The Hall–Kier alpha value is -1.87. The van der Waals surface area contributed by atoms with Crippen molar-refractivity contribution >= 4 is 0 Å². The average molecular weight is 260 g/mol. The summed E-state index contributed by atoms with van der Waals surface area (Å²) in [5.41, 5.74) is 2.31. The standard InChI is InChI=1S/C16H18FNO/c1-19-16-7-5-13(6-8-16)9-10-18-12-14-3-2-4-15(17)11-14/h2-8,11,18H,9-10,12H2,1H3/p+1. The summed E-state index contributed by atoms with van der Waals surface area (Å²) in [5.74, 6) is 0.716. The van der Waals surface area contributed by atoms with Crippen LogP contribution in [0.3, 0.4) is 0 Å². The summed E-state index contributed by atoms with van der Waals surface area (Å²) in [6.45, 7) is 1.80. The number of rotatable bonds is 6. The van der Waals surface area contributed by atoms with Crippen LogP contribution < -0.4 is 10.1 Å². The molecule has 0 unspecified atom stereocenters. The normalized spacial score (nSPS) is 10.4. The number of methoxy groups -OCH3 is 1. The van der Waals surface area contributed by atoms with E-state index in [1.807, 2.05) is 18.2 Å². The zero-order valence-electron chi connectivity index (χ0n) is 11.1. The van der Waals surface area contributed by atoms with E-state index in [1.54, 1.807) is 19.2 Å². The van der Waals surface area contributed by atoms with Gasteiger partial charge in [-0.2, -0.15) is 0 Å². The van der Waals surface area contributed by atoms with Gasteiger partial charge in [0.2, 0.25) is 0 Å². The molecule has 0 saturated heterocycles. The van der Waals surface area contributed by atoms with Crippen molar-refractivity contribution in [2.24, 2.45) is 0 Å². The third kappa shape index (κ3) is 4.38. The van der Waals surface area contributed by atoms with E-state index in [0.717, 1.165) is 30.8 Å². The molecule has 0 aliphatic rings. The Morgan fingerprint density at radius 3 is 2.53 bits per heavy atom. The van der Waals surface area contributed by atoms with Crippen molar-refractivity contribution in [1.82, 2.24) is 0 Å². The molecule has 100 valence electrons. The molecule has 0 radical (unpaired) electrons. The molecule has 2 nitrogen and oxygen atoms in total. The van der Waals surface area contributed by atoms with E-state index in [2.05, 4.69) is 17.4 Å². The average Bonchev–Trinajstić information content (AvgIpc) is 2.44. The maximum atomic E-state index is 13.0. The van der Waals surface area contributed by atoms with Gasteiger partial charge in [0.25, 0.3) is 0 Å². The van der Waals surface area contributed by atoms with Crippen molar-refractivity contribution in [3.05, 3.63) is 65.5 Å². The Kier molecular flexibility index (Phi) is 4.93. The highest BCUT2D eigenvalue weighted by Crippen LogP contribution is 2.11. The molecule has 0 fully saturated rings. The van der Waals surface area contributed by atoms with Gasteiger partial charge in [-0.05, 0) is 29.8 Å². The molecular weight excluding hydrogens is 241 g/mol. The number of halogens is 1. The van der Waals surface area contributed by atoms with Gasteiger partial charge in [-0.3, -0.25) is 0 Å². The van der Waals surface area contributed by atoms with Crippen molar-refractivity contribution in [2.45, 2.75) is 13.0 Å². The predicted octanol–water partition coefficient (Wildman–Crippen LogP) is 2.14. The highest BCUT2D eigenvalue weighted by molar-refractivity contribution is 5.27. The van der Waals surface area contributed by atoms with E-state index in [4.69, 9.17) is 4.74 Å². The molecule has 0 aromatic heterocycles. The van der Waals surface area contributed by atoms with Crippen LogP contribution in [0, 0.1) is 5.82 Å². The molecule has 0 saturated carbocycles. The minimum absolute atomic E-state index is 0.166. The largest absolute Gasteiger partial charge is 0.497 e. The van der Waals surface area contributed by atoms with Crippen LogP contribution in [-0.4, -0.2) is 13.7 Å². The van der Waals surface area contributed by atoms with Crippen LogP contribution in [0.1, 0.15) is 11.1 Å². The predicted molar refractivity (Wildman–Crippen MR) is 73.6 cm³/mol. The molecule has 0 spiro atoms. The number of hydrogen-bond donors (Lipinski definition) is 1. The molecule has 0 aliphatic heterocycles. The molecule has 0 amide bonds. The Balaban J connectivity index is 1.74. The van der Waals surface area contributed by atoms with Gasteiger partial charge in [0.05, 0.1) is 13.7 Å². The van der Waals surface area contributed by atoms with Gasteiger partial charge in [0, 0.05) is 12.0 Å². The van der Waals surface area contributed by atoms with Crippen LogP contribution in [0.4, 0.5) is 4.39 Å². The van der Waals surface area contributed by atoms with E-state index in [-0.39, 0.29) is 5.82 Å². The fraction of sp³-hybridized carbons (Fsp3) is 0.250. The van der Waals surface area contributed by atoms with Crippen molar-refractivity contribution in [1.29, 1.82) is 0 Å². The van der Waals surface area contributed by atoms with Gasteiger partial charge < -0.3 is 10.1 Å². The zero-order valence-corrected chi connectivity index (χ0v) is 11.1. The zero-order chi connectivity index (χ0) is 13.5. The van der Waals surface area contributed by atoms with Gasteiger partial charge in [-0.15, -0.1) is 0 Å². The van der Waals surface area contributed by atoms with Crippen molar-refractivity contribution < 1.29 is 14.4 Å². The number of ether oxygens (including phenoxy) is 1. The quantitative estimate of drug-likeness (QED) is 0.791. The number of quaternary nitrogens is 1. The van der Waals surface area contributed by atoms with Gasteiger partial charge >= 0.3 is 0 Å². The fourth-order valence-corrected chi connectivity index (χ4v) is 1.99. The minimum atomic E-state index is -0.166. The number of nitrogens with two attached hydrogens (primary N) is 1. The number of hydrogen-bond acceptors (Lipinski definition) is 1. The molecule has 2 N–H and O–H groups in total. The van der Waals surface area contributed by atoms with E-state index in [0.29, 0.717) is 0 Å². The first-order valence-electron chi connectivity index (χ1n) is 6.47. The Bertz CT molecular complexity index is 510. The lowest BCUT2D eigenvalue weighted by Gasteiger charge is -2.04. The summed E-state index contributed by atoms with van der Waals surface area (Å²) in [6.07, 6.45) is 0.999. The van der Waals surface area contributed by atoms with E-state index in [9.17, 15) is 4.39 Å². The summed E-state index contributed by atoms with van der Waals surface area (Å²) >= 11 is 0. The first-order chi connectivity index (χ1) is 9.28. The second-order valence-electron chi connectivity index (χ2n) is 4.51. The molecular formula is C16H19FNO+. The highest BCUT2D eigenvalue weighted by atomic mass is 19.1. The Morgan fingerprint density at radius 2 is 1.84 bits per heavy atom.